The van der Waals surface area contributed by atoms with Crippen LogP contribution in [0.25, 0.3) is 0 Å². The lowest BCUT2D eigenvalue weighted by molar-refractivity contribution is 0.453. The van der Waals surface area contributed by atoms with E-state index in [2.05, 4.69) is 20.0 Å². The molecule has 8 heteroatoms. The number of hydrogen-bond donors (Lipinski definition) is 2. The van der Waals surface area contributed by atoms with Crippen molar-refractivity contribution in [1.29, 1.82) is 0 Å². The van der Waals surface area contributed by atoms with Gasteiger partial charge in [-0.05, 0) is 0 Å². The predicted molar refractivity (Wildman–Crippen MR) is 70.2 cm³/mol. The number of nitrogens with one attached hydrogen (secondary N) is 1. The van der Waals surface area contributed by atoms with Gasteiger partial charge in [-0.1, -0.05) is 0 Å². The average Bonchev–Trinajstić information content (AvgIpc) is 2.24. The molecule has 0 aromatic carbocycles. The van der Waals surface area contributed by atoms with E-state index in [1.54, 1.807) is 38.0 Å². The normalized spacial score (nSPS) is 11.3. The Morgan fingerprint density at radius 2 is 1.72 bits per heavy atom. The summed E-state index contributed by atoms with van der Waals surface area (Å²) in [6, 6.07) is 0. The van der Waals surface area contributed by atoms with Gasteiger partial charge in [0.1, 0.15) is 0 Å². The number of rotatable bonds is 4. The van der Waals surface area contributed by atoms with Gasteiger partial charge in [-0.2, -0.15) is 4.98 Å². The SMILES string of the molecule is CN(C)C=Nc1c(O)nc(/N=C/N(C)C)[nH]c1=O. The van der Waals surface area contributed by atoms with Gasteiger partial charge in [0.15, 0.2) is 5.69 Å². The van der Waals surface area contributed by atoms with Crippen molar-refractivity contribution in [3.05, 3.63) is 10.4 Å². The van der Waals surface area contributed by atoms with E-state index in [1.807, 2.05) is 0 Å². The summed E-state index contributed by atoms with van der Waals surface area (Å²) in [7, 11) is 7.05. The second kappa shape index (κ2) is 5.80. The van der Waals surface area contributed by atoms with E-state index in [9.17, 15) is 9.90 Å². The summed E-state index contributed by atoms with van der Waals surface area (Å²) in [6.07, 6.45) is 2.86. The second-order valence-electron chi connectivity index (χ2n) is 3.98. The highest BCUT2D eigenvalue weighted by atomic mass is 16.3. The predicted octanol–water partition coefficient (Wildman–Crippen LogP) is -0.0817. The Labute approximate surface area is 104 Å². The third-order valence-electron chi connectivity index (χ3n) is 1.69. The maximum absolute atomic E-state index is 11.6. The molecule has 1 aromatic rings. The zero-order valence-corrected chi connectivity index (χ0v) is 10.7. The molecule has 0 atom stereocenters. The van der Waals surface area contributed by atoms with Gasteiger partial charge in [0.2, 0.25) is 11.8 Å². The van der Waals surface area contributed by atoms with Crippen molar-refractivity contribution < 1.29 is 5.11 Å². The number of aromatic nitrogens is 2. The van der Waals surface area contributed by atoms with Crippen molar-refractivity contribution in [2.45, 2.75) is 0 Å². The molecule has 0 amide bonds. The Balaban J connectivity index is 3.09. The lowest BCUT2D eigenvalue weighted by atomic mass is 10.5. The molecule has 0 bridgehead atoms. The Bertz CT molecular complexity index is 518. The van der Waals surface area contributed by atoms with E-state index in [-0.39, 0.29) is 11.6 Å². The maximum atomic E-state index is 11.6. The summed E-state index contributed by atoms with van der Waals surface area (Å²) in [4.78, 5) is 28.8. The molecule has 1 aromatic heterocycles. The molecule has 0 aliphatic carbocycles. The molecule has 2 N–H and O–H groups in total. The van der Waals surface area contributed by atoms with E-state index in [0.717, 1.165) is 0 Å². The van der Waals surface area contributed by atoms with Gasteiger partial charge in [0, 0.05) is 28.2 Å². The molecule has 0 aliphatic heterocycles. The summed E-state index contributed by atoms with van der Waals surface area (Å²) in [5.41, 5.74) is -0.695. The van der Waals surface area contributed by atoms with Gasteiger partial charge in [-0.15, -0.1) is 0 Å². The second-order valence-corrected chi connectivity index (χ2v) is 3.98. The Morgan fingerprint density at radius 1 is 1.17 bits per heavy atom. The first-order valence-electron chi connectivity index (χ1n) is 5.14. The summed E-state index contributed by atoms with van der Waals surface area (Å²) in [5, 5.41) is 9.60. The van der Waals surface area contributed by atoms with Gasteiger partial charge in [0.05, 0.1) is 12.7 Å². The molecule has 1 heterocycles. The van der Waals surface area contributed by atoms with Crippen LogP contribution in [0, 0.1) is 0 Å². The highest BCUT2D eigenvalue weighted by Crippen LogP contribution is 2.19. The van der Waals surface area contributed by atoms with Crippen LogP contribution >= 0.6 is 0 Å². The zero-order chi connectivity index (χ0) is 13.7. The standard InChI is InChI=1S/C10H16N6O2/c1-15(2)5-11-7-8(17)13-10(14-9(7)18)12-6-16(3)4/h5-6H,1-4H3,(H2,13,14,17,18)/b11-5?,12-6+. The molecule has 0 radical (unpaired) electrons. The van der Waals surface area contributed by atoms with Crippen LogP contribution in [-0.2, 0) is 0 Å². The monoisotopic (exact) mass is 252 g/mol. The Kier molecular flexibility index (Phi) is 4.41. The quantitative estimate of drug-likeness (QED) is 0.577. The molecular weight excluding hydrogens is 236 g/mol. The van der Waals surface area contributed by atoms with E-state index in [1.165, 1.54) is 12.7 Å². The first-order chi connectivity index (χ1) is 8.40. The minimum Gasteiger partial charge on any atom is -0.492 e. The zero-order valence-electron chi connectivity index (χ0n) is 10.7. The molecule has 0 saturated heterocycles. The number of H-pyrrole nitrogens is 1. The smallest absolute Gasteiger partial charge is 0.282 e. The summed E-state index contributed by atoms with van der Waals surface area (Å²) in [5.74, 6) is -0.433. The van der Waals surface area contributed by atoms with Crippen LogP contribution in [0.1, 0.15) is 0 Å². The minimum atomic E-state index is -0.550. The van der Waals surface area contributed by atoms with Crippen LogP contribution in [0.2, 0.25) is 0 Å². The molecule has 98 valence electrons. The molecule has 0 unspecified atom stereocenters. The van der Waals surface area contributed by atoms with Crippen LogP contribution in [0.5, 0.6) is 5.88 Å². The molecule has 0 saturated carbocycles. The molecule has 1 rings (SSSR count). The van der Waals surface area contributed by atoms with Gasteiger partial charge >= 0.3 is 0 Å². The molecule has 0 fully saturated rings. The van der Waals surface area contributed by atoms with Crippen molar-refractivity contribution in [2.24, 2.45) is 9.98 Å². The van der Waals surface area contributed by atoms with E-state index >= 15 is 0 Å². The summed E-state index contributed by atoms with van der Waals surface area (Å²) < 4.78 is 0. The van der Waals surface area contributed by atoms with Gasteiger partial charge in [-0.25, -0.2) is 9.98 Å². The highest BCUT2D eigenvalue weighted by molar-refractivity contribution is 5.63. The van der Waals surface area contributed by atoms with Crippen LogP contribution in [0.3, 0.4) is 0 Å². The number of aliphatic imine (C=N–C) groups is 2. The van der Waals surface area contributed by atoms with E-state index < -0.39 is 11.4 Å². The highest BCUT2D eigenvalue weighted by Gasteiger charge is 2.08. The van der Waals surface area contributed by atoms with Crippen molar-refractivity contribution in [3.63, 3.8) is 0 Å². The van der Waals surface area contributed by atoms with Crippen LogP contribution in [-0.4, -0.2) is 65.7 Å². The first-order valence-corrected chi connectivity index (χ1v) is 5.14. The van der Waals surface area contributed by atoms with Crippen molar-refractivity contribution in [1.82, 2.24) is 19.8 Å². The Morgan fingerprint density at radius 3 is 2.22 bits per heavy atom. The third-order valence-corrected chi connectivity index (χ3v) is 1.69. The lowest BCUT2D eigenvalue weighted by Gasteiger charge is -2.04. The van der Waals surface area contributed by atoms with Crippen molar-refractivity contribution in [3.8, 4) is 5.88 Å². The third kappa shape index (κ3) is 3.89. The van der Waals surface area contributed by atoms with E-state index in [0.29, 0.717) is 0 Å². The number of nitrogens with zero attached hydrogens (tertiary/aromatic N) is 5. The number of hydrogen-bond acceptors (Lipinski definition) is 5. The number of aromatic amines is 1. The lowest BCUT2D eigenvalue weighted by Crippen LogP contribution is -2.11. The summed E-state index contributed by atoms with van der Waals surface area (Å²) >= 11 is 0. The largest absolute Gasteiger partial charge is 0.492 e. The summed E-state index contributed by atoms with van der Waals surface area (Å²) in [6.45, 7) is 0. The van der Waals surface area contributed by atoms with Crippen LogP contribution < -0.4 is 5.56 Å². The number of aromatic hydroxyl groups is 1. The Hall–Kier alpha value is -2.38. The molecule has 8 nitrogen and oxygen atoms in total. The molecular formula is C10H16N6O2. The van der Waals surface area contributed by atoms with E-state index in [4.69, 9.17) is 0 Å². The van der Waals surface area contributed by atoms with Gasteiger partial charge in [-0.3, -0.25) is 9.78 Å². The van der Waals surface area contributed by atoms with Crippen molar-refractivity contribution in [2.75, 3.05) is 28.2 Å². The van der Waals surface area contributed by atoms with Crippen molar-refractivity contribution >= 4 is 24.3 Å². The van der Waals surface area contributed by atoms with Crippen LogP contribution in [0.4, 0.5) is 11.6 Å². The fourth-order valence-corrected chi connectivity index (χ4v) is 0.964. The van der Waals surface area contributed by atoms with Gasteiger partial charge in [0.25, 0.3) is 5.56 Å². The fraction of sp³-hybridized carbons (Fsp3) is 0.400. The van der Waals surface area contributed by atoms with Crippen LogP contribution in [0.15, 0.2) is 14.8 Å². The first kappa shape index (κ1) is 13.7. The molecule has 18 heavy (non-hydrogen) atoms. The fourth-order valence-electron chi connectivity index (χ4n) is 0.964. The van der Waals surface area contributed by atoms with Gasteiger partial charge < -0.3 is 14.9 Å². The molecule has 0 aliphatic rings. The maximum Gasteiger partial charge on any atom is 0.282 e. The average molecular weight is 252 g/mol. The molecule has 0 spiro atoms. The minimum absolute atomic E-state index is 0.0232. The topological polar surface area (TPSA) is 97.2 Å².